The van der Waals surface area contributed by atoms with Crippen molar-refractivity contribution in [2.45, 2.75) is 20.4 Å². The summed E-state index contributed by atoms with van der Waals surface area (Å²) >= 11 is 1.39. The summed E-state index contributed by atoms with van der Waals surface area (Å²) in [5.74, 6) is -0.231. The number of hydrogen-bond donors (Lipinski definition) is 3. The van der Waals surface area contributed by atoms with Crippen molar-refractivity contribution >= 4 is 28.4 Å². The summed E-state index contributed by atoms with van der Waals surface area (Å²) in [6.45, 7) is 4.43. The SMILES string of the molecule is Cc1ccc(-c2csc(NC(=O)c3ccc(CNC(N)=O)cc3)n2)c(C)c1. The number of aromatic nitrogens is 1. The zero-order valence-electron chi connectivity index (χ0n) is 15.1. The predicted molar refractivity (Wildman–Crippen MR) is 108 cm³/mol. The smallest absolute Gasteiger partial charge is 0.312 e. The van der Waals surface area contributed by atoms with Crippen molar-refractivity contribution in [1.82, 2.24) is 10.3 Å². The van der Waals surface area contributed by atoms with E-state index in [1.165, 1.54) is 16.9 Å². The molecule has 3 amide bonds. The van der Waals surface area contributed by atoms with Gasteiger partial charge in [-0.1, -0.05) is 35.9 Å². The molecule has 0 unspecified atom stereocenters. The molecule has 0 saturated carbocycles. The second-order valence-electron chi connectivity index (χ2n) is 6.23. The number of aryl methyl sites for hydroxylation is 2. The molecule has 0 aliphatic carbocycles. The number of primary amides is 1. The van der Waals surface area contributed by atoms with Crippen LogP contribution in [-0.4, -0.2) is 16.9 Å². The molecule has 0 atom stereocenters. The third kappa shape index (κ3) is 4.71. The molecule has 7 heteroatoms. The highest BCUT2D eigenvalue weighted by atomic mass is 32.1. The third-order valence-corrected chi connectivity index (χ3v) is 4.82. The van der Waals surface area contributed by atoms with Crippen molar-refractivity contribution in [1.29, 1.82) is 0 Å². The van der Waals surface area contributed by atoms with Crippen LogP contribution in [0.1, 0.15) is 27.0 Å². The molecule has 0 spiro atoms. The first-order chi connectivity index (χ1) is 12.9. The fourth-order valence-electron chi connectivity index (χ4n) is 2.69. The first-order valence-electron chi connectivity index (χ1n) is 8.39. The molecule has 3 aromatic rings. The van der Waals surface area contributed by atoms with E-state index in [0.29, 0.717) is 17.2 Å². The molecule has 0 fully saturated rings. The monoisotopic (exact) mass is 380 g/mol. The van der Waals surface area contributed by atoms with E-state index in [1.807, 2.05) is 11.4 Å². The Morgan fingerprint density at radius 3 is 2.52 bits per heavy atom. The van der Waals surface area contributed by atoms with Crippen LogP contribution in [0.5, 0.6) is 0 Å². The maximum absolute atomic E-state index is 12.4. The number of nitrogens with zero attached hydrogens (tertiary/aromatic N) is 1. The highest BCUT2D eigenvalue weighted by Gasteiger charge is 2.11. The number of carbonyl (C=O) groups is 2. The van der Waals surface area contributed by atoms with Crippen LogP contribution in [0.3, 0.4) is 0 Å². The molecule has 138 valence electrons. The lowest BCUT2D eigenvalue weighted by atomic mass is 10.0. The minimum absolute atomic E-state index is 0.231. The van der Waals surface area contributed by atoms with Crippen molar-refractivity contribution in [3.63, 3.8) is 0 Å². The molecule has 27 heavy (non-hydrogen) atoms. The summed E-state index contributed by atoms with van der Waals surface area (Å²) in [4.78, 5) is 27.7. The van der Waals surface area contributed by atoms with Crippen LogP contribution >= 0.6 is 11.3 Å². The lowest BCUT2D eigenvalue weighted by Gasteiger charge is -2.05. The fourth-order valence-corrected chi connectivity index (χ4v) is 3.39. The maximum Gasteiger partial charge on any atom is 0.312 e. The van der Waals surface area contributed by atoms with Crippen LogP contribution < -0.4 is 16.4 Å². The van der Waals surface area contributed by atoms with Crippen molar-refractivity contribution < 1.29 is 9.59 Å². The molecule has 3 rings (SSSR count). The molecule has 6 nitrogen and oxygen atoms in total. The van der Waals surface area contributed by atoms with Gasteiger partial charge in [-0.2, -0.15) is 0 Å². The van der Waals surface area contributed by atoms with E-state index in [1.54, 1.807) is 24.3 Å². The van der Waals surface area contributed by atoms with Gasteiger partial charge in [0.1, 0.15) is 0 Å². The first-order valence-corrected chi connectivity index (χ1v) is 9.27. The lowest BCUT2D eigenvalue weighted by Crippen LogP contribution is -2.28. The van der Waals surface area contributed by atoms with Gasteiger partial charge in [0.15, 0.2) is 5.13 Å². The molecular weight excluding hydrogens is 360 g/mol. The van der Waals surface area contributed by atoms with Crippen molar-refractivity contribution in [2.75, 3.05) is 5.32 Å². The molecule has 1 heterocycles. The maximum atomic E-state index is 12.4. The molecule has 0 bridgehead atoms. The lowest BCUT2D eigenvalue weighted by molar-refractivity contribution is 0.102. The Morgan fingerprint density at radius 2 is 1.85 bits per heavy atom. The van der Waals surface area contributed by atoms with Crippen molar-refractivity contribution in [2.24, 2.45) is 5.73 Å². The summed E-state index contributed by atoms with van der Waals surface area (Å²) in [5.41, 5.74) is 10.7. The minimum atomic E-state index is -0.583. The van der Waals surface area contributed by atoms with Gasteiger partial charge < -0.3 is 11.1 Å². The highest BCUT2D eigenvalue weighted by Crippen LogP contribution is 2.28. The topological polar surface area (TPSA) is 97.1 Å². The predicted octanol–water partition coefficient (Wildman–Crippen LogP) is 3.85. The number of rotatable bonds is 5. The summed E-state index contributed by atoms with van der Waals surface area (Å²) < 4.78 is 0. The Balaban J connectivity index is 1.68. The number of amides is 3. The zero-order chi connectivity index (χ0) is 19.4. The van der Waals surface area contributed by atoms with E-state index in [4.69, 9.17) is 5.73 Å². The largest absolute Gasteiger partial charge is 0.352 e. The Morgan fingerprint density at radius 1 is 1.11 bits per heavy atom. The van der Waals surface area contributed by atoms with Gasteiger partial charge in [-0.05, 0) is 37.1 Å². The first kappa shape index (κ1) is 18.6. The second-order valence-corrected chi connectivity index (χ2v) is 7.08. The van der Waals surface area contributed by atoms with Gasteiger partial charge >= 0.3 is 6.03 Å². The van der Waals surface area contributed by atoms with Crippen molar-refractivity contribution in [3.8, 4) is 11.3 Å². The standard InChI is InChI=1S/C20H20N4O2S/c1-12-3-8-16(13(2)9-12)17-11-27-20(23-17)24-18(25)15-6-4-14(5-7-15)10-22-19(21)26/h3-9,11H,10H2,1-2H3,(H3,21,22,26)(H,23,24,25). The van der Waals surface area contributed by atoms with Gasteiger partial charge in [-0.25, -0.2) is 9.78 Å². The third-order valence-electron chi connectivity index (χ3n) is 4.07. The van der Waals surface area contributed by atoms with E-state index < -0.39 is 6.03 Å². The average Bonchev–Trinajstić information content (AvgIpc) is 3.08. The molecule has 4 N–H and O–H groups in total. The van der Waals surface area contributed by atoms with E-state index in [-0.39, 0.29) is 5.91 Å². The Hall–Kier alpha value is -3.19. The van der Waals surface area contributed by atoms with Gasteiger partial charge in [-0.3, -0.25) is 10.1 Å². The van der Waals surface area contributed by atoms with E-state index in [0.717, 1.165) is 22.4 Å². The fraction of sp³-hybridized carbons (Fsp3) is 0.150. The minimum Gasteiger partial charge on any atom is -0.352 e. The number of thiazole rings is 1. The van der Waals surface area contributed by atoms with E-state index in [2.05, 4.69) is 41.6 Å². The van der Waals surface area contributed by atoms with Gasteiger partial charge in [0, 0.05) is 23.1 Å². The normalized spacial score (nSPS) is 10.4. The number of nitrogens with two attached hydrogens (primary N) is 1. The Kier molecular flexibility index (Phi) is 5.52. The van der Waals surface area contributed by atoms with Gasteiger partial charge in [-0.15, -0.1) is 11.3 Å². The van der Waals surface area contributed by atoms with Crippen LogP contribution in [0.25, 0.3) is 11.3 Å². The van der Waals surface area contributed by atoms with Crippen LogP contribution in [0.15, 0.2) is 47.8 Å². The summed E-state index contributed by atoms with van der Waals surface area (Å²) in [6, 6.07) is 12.6. The van der Waals surface area contributed by atoms with Crippen LogP contribution in [0.2, 0.25) is 0 Å². The highest BCUT2D eigenvalue weighted by molar-refractivity contribution is 7.14. The number of urea groups is 1. The number of benzene rings is 2. The number of carbonyl (C=O) groups excluding carboxylic acids is 2. The summed E-state index contributed by atoms with van der Waals surface area (Å²) in [7, 11) is 0. The Bertz CT molecular complexity index is 980. The van der Waals surface area contributed by atoms with Crippen LogP contribution in [-0.2, 0) is 6.54 Å². The number of hydrogen-bond acceptors (Lipinski definition) is 4. The molecule has 0 saturated heterocycles. The molecule has 0 radical (unpaired) electrons. The van der Waals surface area contributed by atoms with Crippen LogP contribution in [0, 0.1) is 13.8 Å². The molecular formula is C20H20N4O2S. The number of nitrogens with one attached hydrogen (secondary N) is 2. The Labute approximate surface area is 161 Å². The van der Waals surface area contributed by atoms with Crippen LogP contribution in [0.4, 0.5) is 9.93 Å². The van der Waals surface area contributed by atoms with Gasteiger partial charge in [0.05, 0.1) is 5.69 Å². The van der Waals surface area contributed by atoms with E-state index in [9.17, 15) is 9.59 Å². The second kappa shape index (κ2) is 8.01. The van der Waals surface area contributed by atoms with Crippen molar-refractivity contribution in [3.05, 3.63) is 70.1 Å². The van der Waals surface area contributed by atoms with Gasteiger partial charge in [0.2, 0.25) is 0 Å². The molecule has 0 aliphatic rings. The number of anilines is 1. The summed E-state index contributed by atoms with van der Waals surface area (Å²) in [6.07, 6.45) is 0. The average molecular weight is 380 g/mol. The molecule has 1 aromatic heterocycles. The van der Waals surface area contributed by atoms with Gasteiger partial charge in [0.25, 0.3) is 5.91 Å². The molecule has 2 aromatic carbocycles. The molecule has 0 aliphatic heterocycles. The quantitative estimate of drug-likeness (QED) is 0.627. The summed E-state index contributed by atoms with van der Waals surface area (Å²) in [5, 5.41) is 7.82. The van der Waals surface area contributed by atoms with E-state index >= 15 is 0 Å². The zero-order valence-corrected chi connectivity index (χ0v) is 15.9.